The van der Waals surface area contributed by atoms with Crippen LogP contribution in [-0.2, 0) is 17.3 Å². The largest absolute Gasteiger partial charge is 0.311 e. The number of benzene rings is 9. The molecule has 72 heavy (non-hydrogen) atoms. The molecule has 11 aromatic rings. The molecule has 0 N–H and O–H groups in total. The normalized spacial score (nSPS) is 16.7. The predicted octanol–water partition coefficient (Wildman–Crippen LogP) is 16.1. The van der Waals surface area contributed by atoms with Crippen LogP contribution in [-0.4, -0.2) is 15.8 Å². The van der Waals surface area contributed by atoms with Crippen LogP contribution >= 0.6 is 0 Å². The van der Waals surface area contributed by atoms with E-state index in [0.29, 0.717) is 29.2 Å². The molecule has 0 unspecified atom stereocenters. The Balaban J connectivity index is 1.19. The van der Waals surface area contributed by atoms with Crippen LogP contribution in [0.4, 0.5) is 34.1 Å². The van der Waals surface area contributed by atoms with Crippen LogP contribution in [0.3, 0.4) is 0 Å². The summed E-state index contributed by atoms with van der Waals surface area (Å²) >= 11 is 0. The monoisotopic (exact) mass is 949 g/mol. The van der Waals surface area contributed by atoms with Crippen molar-refractivity contribution in [3.8, 4) is 11.4 Å². The van der Waals surface area contributed by atoms with Crippen LogP contribution in [0.25, 0.3) is 55.0 Å². The van der Waals surface area contributed by atoms with Gasteiger partial charge in [-0.1, -0.05) is 171 Å². The summed E-state index contributed by atoms with van der Waals surface area (Å²) in [7, 11) is 0. The van der Waals surface area contributed by atoms with Crippen LogP contribution in [0.15, 0.2) is 194 Å². The van der Waals surface area contributed by atoms with Gasteiger partial charge in [-0.25, -0.2) is 0 Å². The predicted molar refractivity (Wildman–Crippen MR) is 310 cm³/mol. The summed E-state index contributed by atoms with van der Waals surface area (Å²) in [6.45, 7) is 18.9. The molecule has 0 bridgehead atoms. The van der Waals surface area contributed by atoms with Crippen molar-refractivity contribution in [3.05, 3.63) is 210 Å². The smallest absolute Gasteiger partial charge is 0.252 e. The molecular formula is C67H61BN4. The minimum atomic E-state index is -0.572. The van der Waals surface area contributed by atoms with Gasteiger partial charge in [0.15, 0.2) is 0 Å². The number of anilines is 6. The second-order valence-corrected chi connectivity index (χ2v) is 22.5. The van der Waals surface area contributed by atoms with E-state index in [2.05, 4.69) is 133 Å². The van der Waals surface area contributed by atoms with Gasteiger partial charge in [-0.2, -0.15) is 0 Å². The van der Waals surface area contributed by atoms with Gasteiger partial charge in [-0.3, -0.25) is 0 Å². The first-order valence-electron chi connectivity index (χ1n) is 32.5. The third-order valence-electron chi connectivity index (χ3n) is 14.4. The molecule has 5 heteroatoms. The molecule has 2 aromatic heterocycles. The lowest BCUT2D eigenvalue weighted by Crippen LogP contribution is -2.61. The quantitative estimate of drug-likeness (QED) is 0.160. The van der Waals surface area contributed by atoms with E-state index in [0.717, 1.165) is 55.8 Å². The van der Waals surface area contributed by atoms with E-state index in [1.807, 2.05) is 36.4 Å². The summed E-state index contributed by atoms with van der Waals surface area (Å²) in [5.41, 5.74) is 10.4. The van der Waals surface area contributed by atoms with Gasteiger partial charge in [0.2, 0.25) is 0 Å². The molecule has 0 saturated carbocycles. The van der Waals surface area contributed by atoms with Gasteiger partial charge in [0.05, 0.1) is 44.0 Å². The van der Waals surface area contributed by atoms with Gasteiger partial charge in [0, 0.05) is 67.0 Å². The molecule has 4 heterocycles. The van der Waals surface area contributed by atoms with Crippen LogP contribution in [0.5, 0.6) is 0 Å². The van der Waals surface area contributed by atoms with Crippen LogP contribution in [0, 0.1) is 5.41 Å². The molecule has 0 atom stereocenters. The number of aromatic nitrogens is 2. The van der Waals surface area contributed by atoms with Gasteiger partial charge in [-0.15, -0.1) is 0 Å². The van der Waals surface area contributed by atoms with Crippen molar-refractivity contribution in [3.63, 3.8) is 0 Å². The Morgan fingerprint density at radius 3 is 1.06 bits per heavy atom. The van der Waals surface area contributed by atoms with E-state index in [1.54, 1.807) is 0 Å². The van der Waals surface area contributed by atoms with Crippen LogP contribution in [0.2, 0.25) is 0 Å². The van der Waals surface area contributed by atoms with E-state index in [9.17, 15) is 11.0 Å². The van der Waals surface area contributed by atoms with Crippen molar-refractivity contribution < 1.29 is 21.9 Å². The van der Waals surface area contributed by atoms with Crippen molar-refractivity contribution in [2.24, 2.45) is 5.41 Å². The first-order valence-corrected chi connectivity index (χ1v) is 24.5. The van der Waals surface area contributed by atoms with Crippen molar-refractivity contribution in [1.29, 1.82) is 0 Å². The SMILES string of the molecule is [2H]c1c([2H])c([2H])c2c(c1[2H])c1c([2H])c([2H])c([2H])c([2H])c1n2-c1ccc2c(c1)N(c1ccc(C(C)(C)C)cc1)c1cc(CC(C)(C)C)cc3c1B2c1ccc(-n2c4c([2H])c([2H])c([2H])c([2H])c4c4c([2H])c([2H])c([2H])c([2H])c42)cc1N3c1ccc(C(C)(C)C)cc1. The average Bonchev–Trinajstić information content (AvgIpc) is 2.21. The molecule has 2 aliphatic heterocycles. The number of hydrogen-bond donors (Lipinski definition) is 0. The molecule has 9 aromatic carbocycles. The molecule has 0 spiro atoms. The second kappa shape index (κ2) is 15.9. The highest BCUT2D eigenvalue weighted by Crippen LogP contribution is 2.47. The Hall–Kier alpha value is -7.76. The molecule has 0 fully saturated rings. The molecule has 0 saturated heterocycles. The van der Waals surface area contributed by atoms with Crippen molar-refractivity contribution in [2.45, 2.75) is 79.6 Å². The van der Waals surface area contributed by atoms with Crippen molar-refractivity contribution >= 4 is 101 Å². The zero-order valence-corrected chi connectivity index (χ0v) is 41.8. The third-order valence-corrected chi connectivity index (χ3v) is 14.4. The number of rotatable bonds is 5. The van der Waals surface area contributed by atoms with E-state index in [-0.39, 0.29) is 59.9 Å². The maximum Gasteiger partial charge on any atom is 0.252 e. The van der Waals surface area contributed by atoms with Crippen molar-refractivity contribution in [1.82, 2.24) is 9.13 Å². The molecule has 2 aliphatic rings. The topological polar surface area (TPSA) is 16.3 Å². The van der Waals surface area contributed by atoms with Gasteiger partial charge < -0.3 is 18.9 Å². The summed E-state index contributed by atoms with van der Waals surface area (Å²) in [4.78, 5) is 4.42. The first-order chi connectivity index (χ1) is 41.2. The maximum atomic E-state index is 9.45. The Morgan fingerprint density at radius 2 is 0.722 bits per heavy atom. The molecule has 0 aliphatic carbocycles. The summed E-state index contributed by atoms with van der Waals surface area (Å²) < 4.78 is 149. The molecule has 13 rings (SSSR count). The van der Waals surface area contributed by atoms with Crippen molar-refractivity contribution in [2.75, 3.05) is 9.80 Å². The fourth-order valence-electron chi connectivity index (χ4n) is 11.2. The Bertz CT molecular complexity index is 4460. The fraction of sp³-hybridized carbons (Fsp3) is 0.194. The Morgan fingerprint density at radius 1 is 0.389 bits per heavy atom. The molecule has 0 radical (unpaired) electrons. The van der Waals surface area contributed by atoms with Gasteiger partial charge in [0.1, 0.15) is 0 Å². The van der Waals surface area contributed by atoms with Gasteiger partial charge >= 0.3 is 0 Å². The third kappa shape index (κ3) is 6.95. The number of hydrogen-bond acceptors (Lipinski definition) is 2. The highest BCUT2D eigenvalue weighted by Gasteiger charge is 2.44. The van der Waals surface area contributed by atoms with E-state index >= 15 is 0 Å². The lowest BCUT2D eigenvalue weighted by molar-refractivity contribution is 0.411. The first kappa shape index (κ1) is 30.2. The minimum absolute atomic E-state index is 0.0107. The summed E-state index contributed by atoms with van der Waals surface area (Å²) in [5.74, 6) is 0. The van der Waals surface area contributed by atoms with E-state index in [4.69, 9.17) is 11.0 Å². The molecular weight excluding hydrogens is 872 g/mol. The molecule has 4 nitrogen and oxygen atoms in total. The lowest BCUT2D eigenvalue weighted by Gasteiger charge is -2.45. The highest BCUT2D eigenvalue weighted by atomic mass is 15.2. The fourth-order valence-corrected chi connectivity index (χ4v) is 11.2. The number of fused-ring (bicyclic) bond motifs is 10. The van der Waals surface area contributed by atoms with E-state index in [1.165, 1.54) is 9.13 Å². The molecule has 352 valence electrons. The highest BCUT2D eigenvalue weighted by molar-refractivity contribution is 7.00. The second-order valence-electron chi connectivity index (χ2n) is 22.5. The average molecular weight is 949 g/mol. The van der Waals surface area contributed by atoms with Gasteiger partial charge in [0.25, 0.3) is 6.71 Å². The minimum Gasteiger partial charge on any atom is -0.311 e. The Labute approximate surface area is 447 Å². The molecule has 0 amide bonds. The lowest BCUT2D eigenvalue weighted by atomic mass is 9.33. The zero-order chi connectivity index (χ0) is 63.3. The maximum absolute atomic E-state index is 9.45. The van der Waals surface area contributed by atoms with Crippen LogP contribution < -0.4 is 26.2 Å². The summed E-state index contributed by atoms with van der Waals surface area (Å²) in [6, 6.07) is 25.1. The van der Waals surface area contributed by atoms with Gasteiger partial charge in [-0.05, 0) is 141 Å². The Kier molecular flexibility index (Phi) is 6.66. The standard InChI is InChI=1S/C67H61BN4/c1-65(2,3)42-43-38-62-64-63(39-43)70(47-32-28-45(29-33-47)67(7,8)9)61-41-49(72-58-24-16-12-20-52(58)53-21-13-17-25-59(53)72)35-37-55(61)68(64)54-36-34-48(40-60(54)69(62)46-30-26-44(27-31-46)66(4,5)6)71-56-22-14-10-18-50(56)51-19-11-15-23-57(51)71/h10-41H,42H2,1-9H3/i10D,11D,12D,13D,14D,15D,16D,17D,18D,19D,20D,21D,22D,23D,24D,25D. The van der Waals surface area contributed by atoms with Crippen LogP contribution in [0.1, 0.15) is 101 Å². The number of nitrogens with zero attached hydrogens (tertiary/aromatic N) is 4. The zero-order valence-electron chi connectivity index (χ0n) is 57.8. The summed E-state index contributed by atoms with van der Waals surface area (Å²) in [5, 5.41) is -0.151. The summed E-state index contributed by atoms with van der Waals surface area (Å²) in [6.07, 6.45) is 0.628. The number of para-hydroxylation sites is 4. The van der Waals surface area contributed by atoms with E-state index < -0.39 is 103 Å².